The van der Waals surface area contributed by atoms with E-state index in [9.17, 15) is 4.79 Å². The van der Waals surface area contributed by atoms with Crippen molar-refractivity contribution in [3.63, 3.8) is 0 Å². The van der Waals surface area contributed by atoms with Gasteiger partial charge in [0.15, 0.2) is 0 Å². The Hall–Kier alpha value is -0.610. The normalized spacial score (nSPS) is 18.9. The number of hydrogen-bond donors (Lipinski definition) is 0. The standard InChI is InChI=1S/C13H24O4/c1-7-8-9(10(14)15-12(2,3)4)13(5,6)11-16-17-11/h9,11H,7-8H2,1-6H3. The van der Waals surface area contributed by atoms with E-state index in [1.165, 1.54) is 0 Å². The van der Waals surface area contributed by atoms with Crippen LogP contribution >= 0.6 is 0 Å². The second kappa shape index (κ2) is 4.94. The molecule has 0 aliphatic carbocycles. The van der Waals surface area contributed by atoms with Crippen LogP contribution in [0.1, 0.15) is 54.4 Å². The highest BCUT2D eigenvalue weighted by atomic mass is 17.4. The average Bonchev–Trinajstić information content (AvgIpc) is 2.93. The van der Waals surface area contributed by atoms with Gasteiger partial charge in [-0.1, -0.05) is 27.2 Å². The molecule has 0 saturated carbocycles. The van der Waals surface area contributed by atoms with Crippen molar-refractivity contribution in [3.05, 3.63) is 0 Å². The van der Waals surface area contributed by atoms with Gasteiger partial charge < -0.3 is 4.74 Å². The first-order valence-electron chi connectivity index (χ1n) is 6.23. The van der Waals surface area contributed by atoms with E-state index < -0.39 is 5.60 Å². The molecule has 0 amide bonds. The highest BCUT2D eigenvalue weighted by molar-refractivity contribution is 5.73. The molecule has 4 nitrogen and oxygen atoms in total. The molecule has 1 fully saturated rings. The summed E-state index contributed by atoms with van der Waals surface area (Å²) in [6.45, 7) is 11.7. The van der Waals surface area contributed by atoms with Crippen LogP contribution in [0.25, 0.3) is 0 Å². The summed E-state index contributed by atoms with van der Waals surface area (Å²) in [5.41, 5.74) is -0.803. The summed E-state index contributed by atoms with van der Waals surface area (Å²) in [6.07, 6.45) is 1.43. The smallest absolute Gasteiger partial charge is 0.310 e. The van der Waals surface area contributed by atoms with E-state index in [-0.39, 0.29) is 23.6 Å². The highest BCUT2D eigenvalue weighted by Gasteiger charge is 2.51. The van der Waals surface area contributed by atoms with Crippen LogP contribution < -0.4 is 0 Å². The van der Waals surface area contributed by atoms with E-state index in [0.717, 1.165) is 12.8 Å². The Morgan fingerprint density at radius 2 is 1.76 bits per heavy atom. The average molecular weight is 244 g/mol. The Kier molecular flexibility index (Phi) is 4.20. The Bertz CT molecular complexity index is 274. The lowest BCUT2D eigenvalue weighted by atomic mass is 9.76. The number of esters is 1. The fourth-order valence-corrected chi connectivity index (χ4v) is 1.90. The Morgan fingerprint density at radius 3 is 2.12 bits per heavy atom. The fourth-order valence-electron chi connectivity index (χ4n) is 1.90. The van der Waals surface area contributed by atoms with Gasteiger partial charge in [0.1, 0.15) is 5.60 Å². The maximum atomic E-state index is 12.2. The molecule has 0 aromatic rings. The lowest BCUT2D eigenvalue weighted by Crippen LogP contribution is -2.39. The van der Waals surface area contributed by atoms with Crippen molar-refractivity contribution in [3.8, 4) is 0 Å². The zero-order valence-corrected chi connectivity index (χ0v) is 11.7. The van der Waals surface area contributed by atoms with Gasteiger partial charge in [-0.25, -0.2) is 0 Å². The molecule has 17 heavy (non-hydrogen) atoms. The molecule has 4 heteroatoms. The molecule has 1 aliphatic heterocycles. The van der Waals surface area contributed by atoms with Crippen molar-refractivity contribution in [1.82, 2.24) is 0 Å². The molecule has 0 aromatic carbocycles. The monoisotopic (exact) mass is 244 g/mol. The first-order chi connectivity index (χ1) is 7.68. The summed E-state index contributed by atoms with van der Waals surface area (Å²) in [7, 11) is 0. The lowest BCUT2D eigenvalue weighted by molar-refractivity contribution is -0.165. The molecule has 0 spiro atoms. The van der Waals surface area contributed by atoms with Crippen LogP contribution in [0.5, 0.6) is 0 Å². The first kappa shape index (κ1) is 14.5. The van der Waals surface area contributed by atoms with Gasteiger partial charge in [0.05, 0.1) is 5.92 Å². The Labute approximate surface area is 104 Å². The molecule has 0 N–H and O–H groups in total. The number of hydrogen-bond acceptors (Lipinski definition) is 4. The van der Waals surface area contributed by atoms with Crippen LogP contribution in [0.4, 0.5) is 0 Å². The first-order valence-corrected chi connectivity index (χ1v) is 6.23. The minimum Gasteiger partial charge on any atom is -0.460 e. The van der Waals surface area contributed by atoms with Crippen molar-refractivity contribution in [2.45, 2.75) is 66.3 Å². The van der Waals surface area contributed by atoms with Crippen molar-refractivity contribution in [1.29, 1.82) is 0 Å². The van der Waals surface area contributed by atoms with Crippen LogP contribution in [0.3, 0.4) is 0 Å². The van der Waals surface area contributed by atoms with Crippen LogP contribution in [0, 0.1) is 11.3 Å². The van der Waals surface area contributed by atoms with E-state index in [4.69, 9.17) is 14.5 Å². The van der Waals surface area contributed by atoms with Crippen molar-refractivity contribution >= 4 is 5.97 Å². The number of carbonyl (C=O) groups excluding carboxylic acids is 1. The van der Waals surface area contributed by atoms with Gasteiger partial charge in [0.2, 0.25) is 6.29 Å². The van der Waals surface area contributed by atoms with E-state index in [1.54, 1.807) is 0 Å². The SMILES string of the molecule is CCCC(C(=O)OC(C)(C)C)C(C)(C)C1OO1. The molecule has 1 aliphatic rings. The van der Waals surface area contributed by atoms with E-state index in [2.05, 4.69) is 6.92 Å². The summed E-state index contributed by atoms with van der Waals surface area (Å²) < 4.78 is 5.47. The van der Waals surface area contributed by atoms with Gasteiger partial charge in [-0.2, -0.15) is 9.78 Å². The van der Waals surface area contributed by atoms with Crippen molar-refractivity contribution < 1.29 is 19.3 Å². The maximum absolute atomic E-state index is 12.2. The molecule has 1 unspecified atom stereocenters. The minimum absolute atomic E-state index is 0.163. The van der Waals surface area contributed by atoms with Crippen LogP contribution in [0.15, 0.2) is 0 Å². The molecule has 100 valence electrons. The molecule has 1 rings (SSSR count). The van der Waals surface area contributed by atoms with Gasteiger partial charge in [-0.3, -0.25) is 4.79 Å². The maximum Gasteiger partial charge on any atom is 0.310 e. The van der Waals surface area contributed by atoms with E-state index in [1.807, 2.05) is 34.6 Å². The lowest BCUT2D eigenvalue weighted by Gasteiger charge is -2.32. The van der Waals surface area contributed by atoms with Gasteiger partial charge >= 0.3 is 5.97 Å². The van der Waals surface area contributed by atoms with Crippen LogP contribution in [-0.4, -0.2) is 17.9 Å². The number of carbonyl (C=O) groups is 1. The number of rotatable bonds is 5. The predicted octanol–water partition coefficient (Wildman–Crippen LogP) is 3.06. The van der Waals surface area contributed by atoms with Gasteiger partial charge in [-0.15, -0.1) is 0 Å². The summed E-state index contributed by atoms with van der Waals surface area (Å²) in [5.74, 6) is -0.359. The summed E-state index contributed by atoms with van der Waals surface area (Å²) in [6, 6.07) is 0. The third kappa shape index (κ3) is 3.96. The number of ether oxygens (including phenoxy) is 1. The molecule has 0 bridgehead atoms. The second-order valence-electron chi connectivity index (χ2n) is 6.22. The van der Waals surface area contributed by atoms with Crippen LogP contribution in [0.2, 0.25) is 0 Å². The van der Waals surface area contributed by atoms with Gasteiger partial charge in [-0.05, 0) is 27.2 Å². The Morgan fingerprint density at radius 1 is 1.24 bits per heavy atom. The molecule has 1 atom stereocenters. The summed E-state index contributed by atoms with van der Waals surface area (Å²) in [4.78, 5) is 21.9. The quantitative estimate of drug-likeness (QED) is 0.423. The van der Waals surface area contributed by atoms with Crippen LogP contribution in [-0.2, 0) is 19.3 Å². The van der Waals surface area contributed by atoms with Crippen molar-refractivity contribution in [2.24, 2.45) is 11.3 Å². The van der Waals surface area contributed by atoms with Gasteiger partial charge in [0, 0.05) is 5.41 Å². The molecule has 0 aromatic heterocycles. The van der Waals surface area contributed by atoms with Gasteiger partial charge in [0.25, 0.3) is 0 Å². The zero-order valence-electron chi connectivity index (χ0n) is 11.7. The van der Waals surface area contributed by atoms with E-state index in [0.29, 0.717) is 0 Å². The molecule has 1 saturated heterocycles. The van der Waals surface area contributed by atoms with E-state index >= 15 is 0 Å². The topological polar surface area (TPSA) is 51.4 Å². The summed E-state index contributed by atoms with van der Waals surface area (Å²) in [5, 5.41) is 0. The second-order valence-corrected chi connectivity index (χ2v) is 6.22. The fraction of sp³-hybridized carbons (Fsp3) is 0.923. The highest BCUT2D eigenvalue weighted by Crippen LogP contribution is 2.43. The molecule has 0 radical (unpaired) electrons. The molecular weight excluding hydrogens is 220 g/mol. The zero-order chi connectivity index (χ0) is 13.3. The molecule has 1 heterocycles. The molecular formula is C13H24O4. The van der Waals surface area contributed by atoms with Crippen molar-refractivity contribution in [2.75, 3.05) is 0 Å². The third-order valence-electron chi connectivity index (χ3n) is 2.97. The minimum atomic E-state index is -0.454. The predicted molar refractivity (Wildman–Crippen MR) is 64.0 cm³/mol. The third-order valence-corrected chi connectivity index (χ3v) is 2.97. The summed E-state index contributed by atoms with van der Waals surface area (Å²) >= 11 is 0. The Balaban J connectivity index is 2.74. The largest absolute Gasteiger partial charge is 0.460 e.